The quantitative estimate of drug-likeness (QED) is 0.733. The molecule has 3 amide bonds. The van der Waals surface area contributed by atoms with Gasteiger partial charge in [-0.3, -0.25) is 14.4 Å². The summed E-state index contributed by atoms with van der Waals surface area (Å²) in [7, 11) is 0. The van der Waals surface area contributed by atoms with Gasteiger partial charge >= 0.3 is 0 Å². The molecule has 1 aliphatic rings. The van der Waals surface area contributed by atoms with Crippen LogP contribution in [0.15, 0.2) is 48.5 Å². The van der Waals surface area contributed by atoms with Crippen LogP contribution < -0.4 is 15.5 Å². The maximum absolute atomic E-state index is 12.4. The zero-order chi connectivity index (χ0) is 20.1. The van der Waals surface area contributed by atoms with Crippen LogP contribution in [0.1, 0.15) is 22.3 Å². The maximum atomic E-state index is 12.4. The molecule has 1 unspecified atom stereocenters. The first kappa shape index (κ1) is 19.9. The third-order valence-corrected chi connectivity index (χ3v) is 5.00. The highest BCUT2D eigenvalue weighted by molar-refractivity contribution is 6.33. The Morgan fingerprint density at radius 1 is 1.07 bits per heavy atom. The Labute approximate surface area is 168 Å². The zero-order valence-electron chi connectivity index (χ0n) is 15.6. The summed E-state index contributed by atoms with van der Waals surface area (Å²) in [5, 5.41) is 5.88. The van der Waals surface area contributed by atoms with Gasteiger partial charge in [0.15, 0.2) is 0 Å². The number of anilines is 1. The van der Waals surface area contributed by atoms with E-state index in [-0.39, 0.29) is 37.2 Å². The van der Waals surface area contributed by atoms with Crippen LogP contribution in [-0.4, -0.2) is 37.4 Å². The van der Waals surface area contributed by atoms with Gasteiger partial charge in [0.1, 0.15) is 0 Å². The van der Waals surface area contributed by atoms with Gasteiger partial charge in [0.25, 0.3) is 5.91 Å². The third kappa shape index (κ3) is 4.70. The number of benzene rings is 2. The molecule has 28 heavy (non-hydrogen) atoms. The molecule has 3 rings (SSSR count). The Kier molecular flexibility index (Phi) is 6.31. The van der Waals surface area contributed by atoms with Crippen LogP contribution in [0.5, 0.6) is 0 Å². The number of nitrogens with zero attached hydrogens (tertiary/aromatic N) is 1. The number of hydrogen-bond acceptors (Lipinski definition) is 3. The second-order valence-electron chi connectivity index (χ2n) is 6.77. The number of carbonyl (C=O) groups is 3. The van der Waals surface area contributed by atoms with Gasteiger partial charge in [0, 0.05) is 31.7 Å². The van der Waals surface area contributed by atoms with Crippen molar-refractivity contribution in [3.05, 3.63) is 64.7 Å². The molecular weight excluding hydrogens is 378 g/mol. The Balaban J connectivity index is 1.45. The Bertz CT molecular complexity index is 883. The number of nitrogens with one attached hydrogen (secondary N) is 2. The molecule has 2 aromatic carbocycles. The van der Waals surface area contributed by atoms with E-state index in [0.29, 0.717) is 17.1 Å². The third-order valence-electron chi connectivity index (χ3n) is 4.67. The minimum Gasteiger partial charge on any atom is -0.354 e. The number of hydrogen-bond donors (Lipinski definition) is 2. The maximum Gasteiger partial charge on any atom is 0.252 e. The average Bonchev–Trinajstić information content (AvgIpc) is 3.07. The lowest BCUT2D eigenvalue weighted by atomic mass is 10.1. The van der Waals surface area contributed by atoms with Crippen LogP contribution in [0.4, 0.5) is 5.69 Å². The van der Waals surface area contributed by atoms with E-state index in [9.17, 15) is 14.4 Å². The number of rotatable bonds is 6. The number of carbonyl (C=O) groups excluding carboxylic acids is 3. The highest BCUT2D eigenvalue weighted by Gasteiger charge is 2.34. The summed E-state index contributed by atoms with van der Waals surface area (Å²) in [6.07, 6.45) is 0.186. The summed E-state index contributed by atoms with van der Waals surface area (Å²) >= 11 is 5.99. The van der Waals surface area contributed by atoms with E-state index in [0.717, 1.165) is 11.3 Å². The van der Waals surface area contributed by atoms with Gasteiger partial charge in [-0.15, -0.1) is 0 Å². The van der Waals surface area contributed by atoms with Crippen LogP contribution in [0.25, 0.3) is 0 Å². The monoisotopic (exact) mass is 399 g/mol. The molecule has 1 fully saturated rings. The lowest BCUT2D eigenvalue weighted by Gasteiger charge is -2.17. The largest absolute Gasteiger partial charge is 0.354 e. The van der Waals surface area contributed by atoms with E-state index >= 15 is 0 Å². The summed E-state index contributed by atoms with van der Waals surface area (Å²) in [4.78, 5) is 38.3. The van der Waals surface area contributed by atoms with Crippen LogP contribution in [0, 0.1) is 12.8 Å². The van der Waals surface area contributed by atoms with E-state index in [4.69, 9.17) is 11.6 Å². The lowest BCUT2D eigenvalue weighted by molar-refractivity contribution is -0.126. The molecule has 0 aliphatic carbocycles. The first-order valence-electron chi connectivity index (χ1n) is 9.13. The van der Waals surface area contributed by atoms with E-state index in [1.807, 2.05) is 31.2 Å². The summed E-state index contributed by atoms with van der Waals surface area (Å²) in [6, 6.07) is 14.4. The van der Waals surface area contributed by atoms with Crippen molar-refractivity contribution in [1.82, 2.24) is 10.6 Å². The predicted octanol–water partition coefficient (Wildman–Crippen LogP) is 2.55. The highest BCUT2D eigenvalue weighted by Crippen LogP contribution is 2.25. The molecule has 2 aromatic rings. The highest BCUT2D eigenvalue weighted by atomic mass is 35.5. The molecule has 1 heterocycles. The molecule has 1 aliphatic heterocycles. The summed E-state index contributed by atoms with van der Waals surface area (Å²) in [5.41, 5.74) is 2.31. The SMILES string of the molecule is Cc1ccc(N2CC(C(=O)NCCNC(=O)c3ccccc3Cl)CC2=O)cc1. The van der Waals surface area contributed by atoms with Crippen molar-refractivity contribution in [1.29, 1.82) is 0 Å². The Morgan fingerprint density at radius 2 is 1.75 bits per heavy atom. The van der Waals surface area contributed by atoms with Gasteiger partial charge in [0.05, 0.1) is 16.5 Å². The molecule has 0 aromatic heterocycles. The summed E-state index contributed by atoms with van der Waals surface area (Å²) in [5.74, 6) is -0.930. The average molecular weight is 400 g/mol. The van der Waals surface area contributed by atoms with Crippen LogP contribution in [0.3, 0.4) is 0 Å². The molecule has 0 spiro atoms. The van der Waals surface area contributed by atoms with E-state index < -0.39 is 5.92 Å². The van der Waals surface area contributed by atoms with Crippen LogP contribution >= 0.6 is 11.6 Å². The van der Waals surface area contributed by atoms with Crippen molar-refractivity contribution in [2.45, 2.75) is 13.3 Å². The van der Waals surface area contributed by atoms with E-state index in [1.165, 1.54) is 0 Å². The molecule has 146 valence electrons. The topological polar surface area (TPSA) is 78.5 Å². The normalized spacial score (nSPS) is 16.1. The van der Waals surface area contributed by atoms with Crippen molar-refractivity contribution >= 4 is 35.0 Å². The number of aryl methyl sites for hydroxylation is 1. The standard InChI is InChI=1S/C21H22ClN3O3/c1-14-6-8-16(9-7-14)25-13-15(12-19(25)26)20(27)23-10-11-24-21(28)17-4-2-3-5-18(17)22/h2-9,15H,10-13H2,1H3,(H,23,27)(H,24,28). The smallest absolute Gasteiger partial charge is 0.252 e. The molecule has 1 saturated heterocycles. The lowest BCUT2D eigenvalue weighted by Crippen LogP contribution is -2.38. The van der Waals surface area contributed by atoms with Crippen LogP contribution in [-0.2, 0) is 9.59 Å². The molecule has 0 saturated carbocycles. The minimum absolute atomic E-state index is 0.0592. The fourth-order valence-electron chi connectivity index (χ4n) is 3.10. The summed E-state index contributed by atoms with van der Waals surface area (Å²) in [6.45, 7) is 2.90. The van der Waals surface area contributed by atoms with Gasteiger partial charge in [0.2, 0.25) is 11.8 Å². The van der Waals surface area contributed by atoms with Crippen molar-refractivity contribution in [3.8, 4) is 0 Å². The second-order valence-corrected chi connectivity index (χ2v) is 7.17. The Hall–Kier alpha value is -2.86. The fraction of sp³-hybridized carbons (Fsp3) is 0.286. The molecule has 2 N–H and O–H groups in total. The van der Waals surface area contributed by atoms with Crippen molar-refractivity contribution in [2.24, 2.45) is 5.92 Å². The fourth-order valence-corrected chi connectivity index (χ4v) is 3.33. The molecule has 1 atom stereocenters. The number of amides is 3. The first-order valence-corrected chi connectivity index (χ1v) is 9.51. The van der Waals surface area contributed by atoms with E-state index in [2.05, 4.69) is 10.6 Å². The van der Waals surface area contributed by atoms with Gasteiger partial charge in [-0.25, -0.2) is 0 Å². The summed E-state index contributed by atoms with van der Waals surface area (Å²) < 4.78 is 0. The molecule has 6 nitrogen and oxygen atoms in total. The van der Waals surface area contributed by atoms with Crippen molar-refractivity contribution in [3.63, 3.8) is 0 Å². The first-order chi connectivity index (χ1) is 13.5. The molecular formula is C21H22ClN3O3. The van der Waals surface area contributed by atoms with Crippen molar-refractivity contribution in [2.75, 3.05) is 24.5 Å². The van der Waals surface area contributed by atoms with Gasteiger partial charge in [-0.05, 0) is 31.2 Å². The Morgan fingerprint density at radius 3 is 2.46 bits per heavy atom. The predicted molar refractivity (Wildman–Crippen MR) is 108 cm³/mol. The van der Waals surface area contributed by atoms with Crippen LogP contribution in [0.2, 0.25) is 5.02 Å². The molecule has 7 heteroatoms. The molecule has 0 bridgehead atoms. The van der Waals surface area contributed by atoms with E-state index in [1.54, 1.807) is 29.2 Å². The number of halogens is 1. The van der Waals surface area contributed by atoms with Gasteiger partial charge in [-0.2, -0.15) is 0 Å². The zero-order valence-corrected chi connectivity index (χ0v) is 16.3. The minimum atomic E-state index is -0.395. The van der Waals surface area contributed by atoms with Gasteiger partial charge in [-0.1, -0.05) is 41.4 Å². The van der Waals surface area contributed by atoms with Gasteiger partial charge < -0.3 is 15.5 Å². The molecule has 0 radical (unpaired) electrons. The second kappa shape index (κ2) is 8.89. The van der Waals surface area contributed by atoms with Crippen molar-refractivity contribution < 1.29 is 14.4 Å².